The number of carbonyl (C=O) groups excluding carboxylic acids is 1. The molecule has 0 unspecified atom stereocenters. The number of methoxy groups -OCH3 is 1. The summed E-state index contributed by atoms with van der Waals surface area (Å²) in [7, 11) is 1.49. The van der Waals surface area contributed by atoms with Crippen LogP contribution in [0.5, 0.6) is 5.75 Å². The molecular weight excluding hydrogens is 507 g/mol. The van der Waals surface area contributed by atoms with Crippen LogP contribution < -0.4 is 10.1 Å². The molecule has 1 aromatic carbocycles. The highest BCUT2D eigenvalue weighted by Crippen LogP contribution is 2.32. The van der Waals surface area contributed by atoms with Gasteiger partial charge in [-0.2, -0.15) is 18.3 Å². The standard InChI is InChI=1S/C20H17F3N4O2.C5H11N.2C2H6/c1-3-5-14-11-17(20(21,22)23)27(26-14)15-8-9-18(24-12-15)25-19(28)13-6-4-7-16(10-13)29-2;1-3-5-6-4-2;2*1-2/h3-12H,1-2H3,(H,24,25,28);5H,3-4H2,1-2H3;2*1-2H3/b5-3+;;;. The Morgan fingerprint density at radius 3 is 2.28 bits per heavy atom. The number of alkyl halides is 3. The molecule has 3 aromatic rings. The Morgan fingerprint density at radius 1 is 1.10 bits per heavy atom. The molecular formula is C29H40F3N5O2. The van der Waals surface area contributed by atoms with Gasteiger partial charge in [0.05, 0.1) is 24.7 Å². The number of anilines is 1. The van der Waals surface area contributed by atoms with Crippen LogP contribution in [0.2, 0.25) is 0 Å². The largest absolute Gasteiger partial charge is 0.497 e. The van der Waals surface area contributed by atoms with Crippen LogP contribution >= 0.6 is 0 Å². The fourth-order valence-corrected chi connectivity index (χ4v) is 2.85. The van der Waals surface area contributed by atoms with Crippen molar-refractivity contribution in [1.29, 1.82) is 0 Å². The predicted molar refractivity (Wildman–Crippen MR) is 154 cm³/mol. The SMILES string of the molecule is C/C=C/c1cc(C(F)(F)F)n(-c2ccc(NC(=O)c3cccc(OC)c3)nc2)n1.CC.CC.CCC=NCC. The normalized spacial score (nSPS) is 10.5. The lowest BCUT2D eigenvalue weighted by Gasteiger charge is -2.11. The van der Waals surface area contributed by atoms with Crippen molar-refractivity contribution >= 4 is 24.0 Å². The van der Waals surface area contributed by atoms with Crippen LogP contribution in [0.25, 0.3) is 11.8 Å². The Kier molecular flexibility index (Phi) is 17.2. The van der Waals surface area contributed by atoms with Gasteiger partial charge >= 0.3 is 6.18 Å². The van der Waals surface area contributed by atoms with Gasteiger partial charge in [0.25, 0.3) is 5.91 Å². The van der Waals surface area contributed by atoms with Crippen molar-refractivity contribution in [3.63, 3.8) is 0 Å². The Morgan fingerprint density at radius 2 is 1.79 bits per heavy atom. The number of nitrogens with zero attached hydrogens (tertiary/aromatic N) is 4. The lowest BCUT2D eigenvalue weighted by molar-refractivity contribution is -0.142. The van der Waals surface area contributed by atoms with Gasteiger partial charge in [-0.3, -0.25) is 9.79 Å². The van der Waals surface area contributed by atoms with E-state index in [9.17, 15) is 18.0 Å². The van der Waals surface area contributed by atoms with E-state index in [1.165, 1.54) is 31.5 Å². The van der Waals surface area contributed by atoms with Crippen molar-refractivity contribution in [1.82, 2.24) is 14.8 Å². The van der Waals surface area contributed by atoms with Gasteiger partial charge in [0.15, 0.2) is 0 Å². The second kappa shape index (κ2) is 19.2. The minimum absolute atomic E-state index is 0.118. The quantitative estimate of drug-likeness (QED) is 0.303. The molecule has 0 fully saturated rings. The van der Waals surface area contributed by atoms with Crippen molar-refractivity contribution in [3.05, 3.63) is 71.7 Å². The molecule has 0 saturated heterocycles. The van der Waals surface area contributed by atoms with E-state index in [2.05, 4.69) is 27.3 Å². The highest BCUT2D eigenvalue weighted by Gasteiger charge is 2.36. The fourth-order valence-electron chi connectivity index (χ4n) is 2.85. The minimum atomic E-state index is -4.58. The average molecular weight is 548 g/mol. The van der Waals surface area contributed by atoms with Crippen LogP contribution in [0.3, 0.4) is 0 Å². The zero-order chi connectivity index (χ0) is 29.8. The molecule has 7 nitrogen and oxygen atoms in total. The number of pyridine rings is 1. The summed E-state index contributed by atoms with van der Waals surface area (Å²) in [5.41, 5.74) is -0.263. The third-order valence-electron chi connectivity index (χ3n) is 4.42. The summed E-state index contributed by atoms with van der Waals surface area (Å²) in [4.78, 5) is 20.3. The topological polar surface area (TPSA) is 81.4 Å². The summed E-state index contributed by atoms with van der Waals surface area (Å²) in [6.45, 7) is 14.7. The molecule has 0 aliphatic heterocycles. The maximum absolute atomic E-state index is 13.3. The molecule has 214 valence electrons. The monoisotopic (exact) mass is 547 g/mol. The number of rotatable bonds is 7. The van der Waals surface area contributed by atoms with Gasteiger partial charge in [0.2, 0.25) is 0 Å². The number of hydrogen-bond acceptors (Lipinski definition) is 5. The van der Waals surface area contributed by atoms with Crippen LogP contribution in [-0.2, 0) is 6.18 Å². The number of halogens is 3. The van der Waals surface area contributed by atoms with Crippen LogP contribution in [0.15, 0.2) is 59.7 Å². The van der Waals surface area contributed by atoms with Gasteiger partial charge in [0, 0.05) is 12.1 Å². The maximum Gasteiger partial charge on any atom is 0.433 e. The van der Waals surface area contributed by atoms with Crippen molar-refractivity contribution in [2.45, 2.75) is 61.1 Å². The Hall–Kier alpha value is -3.95. The first-order valence-corrected chi connectivity index (χ1v) is 12.9. The smallest absolute Gasteiger partial charge is 0.433 e. The van der Waals surface area contributed by atoms with Crippen LogP contribution in [0.4, 0.5) is 19.0 Å². The lowest BCUT2D eigenvalue weighted by atomic mass is 10.2. The highest BCUT2D eigenvalue weighted by atomic mass is 19.4. The van der Waals surface area contributed by atoms with Crippen LogP contribution in [0, 0.1) is 0 Å². The molecule has 39 heavy (non-hydrogen) atoms. The number of allylic oxidation sites excluding steroid dienone is 1. The summed E-state index contributed by atoms with van der Waals surface area (Å²) in [6, 6.07) is 10.3. The van der Waals surface area contributed by atoms with E-state index in [4.69, 9.17) is 4.74 Å². The summed E-state index contributed by atoms with van der Waals surface area (Å²) in [6.07, 6.45) is 2.70. The summed E-state index contributed by atoms with van der Waals surface area (Å²) in [5.74, 6) is 0.293. The number of benzene rings is 1. The van der Waals surface area contributed by atoms with Gasteiger partial charge in [-0.05, 0) is 69.0 Å². The van der Waals surface area contributed by atoms with Crippen LogP contribution in [-0.4, -0.2) is 40.5 Å². The molecule has 3 rings (SSSR count). The molecule has 0 bridgehead atoms. The van der Waals surface area contributed by atoms with Gasteiger partial charge in [-0.25, -0.2) is 9.67 Å². The van der Waals surface area contributed by atoms with Crippen molar-refractivity contribution in [2.24, 2.45) is 4.99 Å². The Bertz CT molecular complexity index is 1150. The first-order valence-electron chi connectivity index (χ1n) is 12.9. The maximum atomic E-state index is 13.3. The van der Waals surface area contributed by atoms with Crippen molar-refractivity contribution < 1.29 is 22.7 Å². The van der Waals surface area contributed by atoms with E-state index in [1.807, 2.05) is 40.8 Å². The summed E-state index contributed by atoms with van der Waals surface area (Å²) < 4.78 is 45.8. The van der Waals surface area contributed by atoms with Crippen LogP contribution in [0.1, 0.15) is 76.6 Å². The molecule has 1 N–H and O–H groups in total. The third-order valence-corrected chi connectivity index (χ3v) is 4.42. The molecule has 2 aromatic heterocycles. The summed E-state index contributed by atoms with van der Waals surface area (Å²) in [5, 5.41) is 6.55. The molecule has 10 heteroatoms. The van der Waals surface area contributed by atoms with E-state index in [-0.39, 0.29) is 17.2 Å². The molecule has 0 aliphatic carbocycles. The number of aromatic nitrogens is 3. The van der Waals surface area contributed by atoms with Gasteiger partial charge in [0.1, 0.15) is 17.3 Å². The number of nitrogens with one attached hydrogen (secondary N) is 1. The molecule has 0 saturated carbocycles. The van der Waals surface area contributed by atoms with E-state index in [0.717, 1.165) is 23.7 Å². The molecule has 0 radical (unpaired) electrons. The zero-order valence-electron chi connectivity index (χ0n) is 24.0. The first kappa shape index (κ1) is 35.0. The second-order valence-electron chi connectivity index (χ2n) is 7.04. The number of ether oxygens (including phenoxy) is 1. The number of amides is 1. The lowest BCUT2D eigenvalue weighted by Crippen LogP contribution is -2.15. The fraction of sp³-hybridized carbons (Fsp3) is 0.379. The van der Waals surface area contributed by atoms with Gasteiger partial charge in [-0.15, -0.1) is 0 Å². The zero-order valence-corrected chi connectivity index (χ0v) is 24.0. The average Bonchev–Trinajstić information content (AvgIpc) is 3.40. The second-order valence-corrected chi connectivity index (χ2v) is 7.04. The highest BCUT2D eigenvalue weighted by molar-refractivity contribution is 6.04. The third kappa shape index (κ3) is 12.0. The number of aliphatic imine (C=N–C) groups is 1. The van der Waals surface area contributed by atoms with Crippen molar-refractivity contribution in [3.8, 4) is 11.4 Å². The number of hydrogen-bond donors (Lipinski definition) is 1. The van der Waals surface area contributed by atoms with E-state index < -0.39 is 17.8 Å². The Balaban J connectivity index is 0.00000126. The van der Waals surface area contributed by atoms with Gasteiger partial charge < -0.3 is 10.1 Å². The van der Waals surface area contributed by atoms with E-state index in [1.54, 1.807) is 37.3 Å². The van der Waals surface area contributed by atoms with Crippen molar-refractivity contribution in [2.75, 3.05) is 19.0 Å². The molecule has 0 spiro atoms. The molecule has 0 atom stereocenters. The van der Waals surface area contributed by atoms with E-state index in [0.29, 0.717) is 11.3 Å². The van der Waals surface area contributed by atoms with E-state index >= 15 is 0 Å². The number of carbonyl (C=O) groups is 1. The minimum Gasteiger partial charge on any atom is -0.497 e. The molecule has 0 aliphatic rings. The molecule has 1 amide bonds. The summed E-state index contributed by atoms with van der Waals surface area (Å²) >= 11 is 0. The Labute approximate surface area is 229 Å². The first-order chi connectivity index (χ1) is 18.7. The molecule has 2 heterocycles. The van der Waals surface area contributed by atoms with Gasteiger partial charge in [-0.1, -0.05) is 46.8 Å². The predicted octanol–water partition coefficient (Wildman–Crippen LogP) is 8.12.